The van der Waals surface area contributed by atoms with Crippen molar-refractivity contribution >= 4 is 33.9 Å². The van der Waals surface area contributed by atoms with E-state index in [9.17, 15) is 0 Å². The zero-order chi connectivity index (χ0) is 11.5. The van der Waals surface area contributed by atoms with Gasteiger partial charge >= 0.3 is 0 Å². The highest BCUT2D eigenvalue weighted by Gasteiger charge is 2.50. The van der Waals surface area contributed by atoms with Crippen molar-refractivity contribution in [2.75, 3.05) is 0 Å². The maximum absolute atomic E-state index is 4.35. The molecule has 4 fully saturated rings. The quantitative estimate of drug-likeness (QED) is 0.748. The van der Waals surface area contributed by atoms with Crippen molar-refractivity contribution in [1.82, 2.24) is 10.2 Å². The molecule has 0 spiro atoms. The lowest BCUT2D eigenvalue weighted by Crippen LogP contribution is -2.47. The Morgan fingerprint density at radius 2 is 1.65 bits per heavy atom. The van der Waals surface area contributed by atoms with Gasteiger partial charge in [0, 0.05) is 6.42 Å². The Kier molecular flexibility index (Phi) is 2.55. The summed E-state index contributed by atoms with van der Waals surface area (Å²) in [7, 11) is 0. The average Bonchev–Trinajstić information content (AvgIpc) is 2.60. The summed E-state index contributed by atoms with van der Waals surface area (Å²) in [4.78, 5) is 0. The molecular weight excluding hydrogens is 343 g/mol. The Morgan fingerprint density at radius 1 is 1.06 bits per heavy atom. The molecule has 0 saturated heterocycles. The van der Waals surface area contributed by atoms with Crippen LogP contribution in [0.2, 0.25) is 0 Å². The number of halogens is 1. The molecule has 0 aliphatic heterocycles. The minimum Gasteiger partial charge on any atom is -0.143 e. The summed E-state index contributed by atoms with van der Waals surface area (Å²) >= 11 is 4.09. The highest BCUT2D eigenvalue weighted by Crippen LogP contribution is 2.61. The summed E-state index contributed by atoms with van der Waals surface area (Å²) in [6.45, 7) is 0. The van der Waals surface area contributed by atoms with Crippen molar-refractivity contribution in [2.24, 2.45) is 23.2 Å². The van der Waals surface area contributed by atoms with E-state index in [-0.39, 0.29) is 0 Å². The fourth-order valence-corrected chi connectivity index (χ4v) is 6.74. The van der Waals surface area contributed by atoms with Crippen molar-refractivity contribution in [3.8, 4) is 0 Å². The minimum atomic E-state index is 0.622. The van der Waals surface area contributed by atoms with Crippen LogP contribution in [0.1, 0.15) is 43.5 Å². The lowest BCUT2D eigenvalue weighted by Gasteiger charge is -2.56. The normalized spacial score (nSPS) is 43.2. The van der Waals surface area contributed by atoms with Gasteiger partial charge in [-0.3, -0.25) is 0 Å². The Balaban J connectivity index is 1.60. The zero-order valence-electron chi connectivity index (χ0n) is 9.86. The number of hydrogen-bond acceptors (Lipinski definition) is 3. The molecule has 0 unspecified atom stereocenters. The van der Waals surface area contributed by atoms with Gasteiger partial charge in [0.2, 0.25) is 0 Å². The summed E-state index contributed by atoms with van der Waals surface area (Å²) < 4.78 is 1.10. The Morgan fingerprint density at radius 3 is 2.12 bits per heavy atom. The molecule has 0 amide bonds. The summed E-state index contributed by atoms with van der Waals surface area (Å²) in [5.41, 5.74) is 0.622. The van der Waals surface area contributed by atoms with E-state index in [0.717, 1.165) is 20.8 Å². The monoisotopic (exact) mass is 360 g/mol. The molecule has 5 rings (SSSR count). The fourth-order valence-electron chi connectivity index (χ4n) is 5.13. The molecule has 1 aromatic rings. The molecule has 92 valence electrons. The Bertz CT molecular complexity index is 407. The predicted octanol–water partition coefficient (Wildman–Crippen LogP) is 3.90. The van der Waals surface area contributed by atoms with Crippen molar-refractivity contribution < 1.29 is 0 Å². The molecule has 1 heterocycles. The van der Waals surface area contributed by atoms with Crippen LogP contribution in [-0.2, 0) is 6.42 Å². The third-order valence-corrected chi connectivity index (χ3v) is 6.72. The van der Waals surface area contributed by atoms with Gasteiger partial charge in [0.05, 0.1) is 0 Å². The van der Waals surface area contributed by atoms with E-state index in [1.54, 1.807) is 11.3 Å². The topological polar surface area (TPSA) is 25.8 Å². The van der Waals surface area contributed by atoms with Gasteiger partial charge in [-0.1, -0.05) is 11.3 Å². The predicted molar refractivity (Wildman–Crippen MR) is 76.9 cm³/mol. The van der Waals surface area contributed by atoms with E-state index in [0.29, 0.717) is 5.41 Å². The first-order valence-corrected chi connectivity index (χ1v) is 8.58. The lowest BCUT2D eigenvalue weighted by molar-refractivity contribution is -0.0522. The van der Waals surface area contributed by atoms with Gasteiger partial charge in [-0.2, -0.15) is 0 Å². The molecule has 4 aliphatic rings. The van der Waals surface area contributed by atoms with Gasteiger partial charge in [0.15, 0.2) is 3.01 Å². The van der Waals surface area contributed by atoms with Crippen molar-refractivity contribution in [2.45, 2.75) is 44.9 Å². The third-order valence-electron chi connectivity index (χ3n) is 5.13. The number of rotatable bonds is 2. The van der Waals surface area contributed by atoms with Crippen LogP contribution in [0.25, 0.3) is 0 Å². The number of nitrogens with zero attached hydrogens (tertiary/aromatic N) is 2. The van der Waals surface area contributed by atoms with E-state index >= 15 is 0 Å². The highest BCUT2D eigenvalue weighted by atomic mass is 127. The maximum atomic E-state index is 4.35. The fraction of sp³-hybridized carbons (Fsp3) is 0.846. The van der Waals surface area contributed by atoms with E-state index in [1.807, 2.05) is 0 Å². The Hall–Kier alpha value is 0.290. The minimum absolute atomic E-state index is 0.622. The summed E-state index contributed by atoms with van der Waals surface area (Å²) in [6.07, 6.45) is 10.3. The first kappa shape index (κ1) is 11.1. The second kappa shape index (κ2) is 3.89. The molecule has 0 atom stereocenters. The molecule has 0 radical (unpaired) electrons. The van der Waals surface area contributed by atoms with Crippen LogP contribution in [-0.4, -0.2) is 10.2 Å². The van der Waals surface area contributed by atoms with Gasteiger partial charge in [0.1, 0.15) is 5.01 Å². The van der Waals surface area contributed by atoms with E-state index < -0.39 is 0 Å². The third kappa shape index (κ3) is 1.95. The van der Waals surface area contributed by atoms with Gasteiger partial charge < -0.3 is 0 Å². The molecule has 4 heteroatoms. The first-order valence-electron chi connectivity index (χ1n) is 6.69. The van der Waals surface area contributed by atoms with E-state index in [4.69, 9.17) is 0 Å². The van der Waals surface area contributed by atoms with Crippen LogP contribution in [0, 0.1) is 26.2 Å². The van der Waals surface area contributed by atoms with Crippen molar-refractivity contribution in [1.29, 1.82) is 0 Å². The molecule has 17 heavy (non-hydrogen) atoms. The second-order valence-corrected chi connectivity index (χ2v) is 9.36. The highest BCUT2D eigenvalue weighted by molar-refractivity contribution is 14.1. The smallest absolute Gasteiger partial charge is 0.143 e. The molecule has 1 aromatic heterocycles. The molecule has 4 aliphatic carbocycles. The summed E-state index contributed by atoms with van der Waals surface area (Å²) in [5.74, 6) is 3.15. The molecule has 4 bridgehead atoms. The number of hydrogen-bond donors (Lipinski definition) is 0. The van der Waals surface area contributed by atoms with Crippen LogP contribution >= 0.6 is 33.9 Å². The molecule has 4 saturated carbocycles. The van der Waals surface area contributed by atoms with Gasteiger partial charge in [-0.25, -0.2) is 0 Å². The van der Waals surface area contributed by atoms with E-state index in [1.165, 1.54) is 50.0 Å². The van der Waals surface area contributed by atoms with Crippen molar-refractivity contribution in [3.63, 3.8) is 0 Å². The van der Waals surface area contributed by atoms with Crippen molar-refractivity contribution in [3.05, 3.63) is 8.02 Å². The Labute approximate surface area is 120 Å². The molecular formula is C13H17IN2S. The summed E-state index contributed by atoms with van der Waals surface area (Å²) in [5, 5.41) is 9.81. The van der Waals surface area contributed by atoms with E-state index in [2.05, 4.69) is 32.8 Å². The molecule has 2 nitrogen and oxygen atoms in total. The van der Waals surface area contributed by atoms with Gasteiger partial charge in [-0.05, 0) is 84.3 Å². The van der Waals surface area contributed by atoms with Crippen LogP contribution in [0.5, 0.6) is 0 Å². The zero-order valence-corrected chi connectivity index (χ0v) is 12.8. The maximum Gasteiger partial charge on any atom is 0.178 e. The molecule has 0 N–H and O–H groups in total. The van der Waals surface area contributed by atoms with Gasteiger partial charge in [-0.15, -0.1) is 10.2 Å². The van der Waals surface area contributed by atoms with Crippen LogP contribution in [0.3, 0.4) is 0 Å². The van der Waals surface area contributed by atoms with Crippen LogP contribution in [0.15, 0.2) is 0 Å². The first-order chi connectivity index (χ1) is 8.21. The van der Waals surface area contributed by atoms with Crippen LogP contribution < -0.4 is 0 Å². The largest absolute Gasteiger partial charge is 0.178 e. The molecule has 0 aromatic carbocycles. The van der Waals surface area contributed by atoms with Crippen LogP contribution in [0.4, 0.5) is 0 Å². The SMILES string of the molecule is Ic1nnc(CC23CC4CC(CC(C4)C2)C3)s1. The average molecular weight is 360 g/mol. The number of aromatic nitrogens is 2. The summed E-state index contributed by atoms with van der Waals surface area (Å²) in [6, 6.07) is 0. The van der Waals surface area contributed by atoms with Gasteiger partial charge in [0.25, 0.3) is 0 Å². The standard InChI is InChI=1S/C13H17IN2S/c14-12-16-15-11(17-12)7-13-4-8-1-9(5-13)3-10(2-8)6-13/h8-10H,1-7H2. The lowest BCUT2D eigenvalue weighted by atomic mass is 9.49. The second-order valence-electron chi connectivity index (χ2n) is 6.54.